The molecule has 7 nitrogen and oxygen atoms in total. The number of hydrogen-bond acceptors (Lipinski definition) is 7. The van der Waals surface area contributed by atoms with Crippen LogP contribution in [-0.2, 0) is 11.3 Å². The van der Waals surface area contributed by atoms with Gasteiger partial charge in [-0.3, -0.25) is 4.90 Å². The van der Waals surface area contributed by atoms with Gasteiger partial charge in [-0.25, -0.2) is 0 Å². The Morgan fingerprint density at radius 2 is 1.88 bits per heavy atom. The van der Waals surface area contributed by atoms with Gasteiger partial charge in [0.1, 0.15) is 5.82 Å². The molecule has 3 unspecified atom stereocenters. The fourth-order valence-electron chi connectivity index (χ4n) is 3.23. The molecule has 0 saturated carbocycles. The molecule has 1 fully saturated rings. The van der Waals surface area contributed by atoms with Crippen LogP contribution in [0, 0.1) is 0 Å². The smallest absolute Gasteiger partial charge is 0.229 e. The van der Waals surface area contributed by atoms with Crippen molar-refractivity contribution in [3.05, 3.63) is 41.7 Å². The number of morpholine rings is 1. The van der Waals surface area contributed by atoms with Crippen LogP contribution >= 0.6 is 0 Å². The van der Waals surface area contributed by atoms with Gasteiger partial charge >= 0.3 is 0 Å². The van der Waals surface area contributed by atoms with E-state index in [0.29, 0.717) is 24.9 Å². The zero-order valence-electron chi connectivity index (χ0n) is 15.3. The van der Waals surface area contributed by atoms with Gasteiger partial charge < -0.3 is 15.4 Å². The lowest BCUT2D eigenvalue weighted by Gasteiger charge is -2.43. The zero-order chi connectivity index (χ0) is 18.0. The number of nitrogens with two attached hydrogens (primary N) is 1. The molecule has 1 aromatic carbocycles. The fraction of sp³-hybridized carbons (Fsp3) is 0.500. The Morgan fingerprint density at radius 3 is 2.56 bits per heavy atom. The second-order valence-corrected chi connectivity index (χ2v) is 6.73. The van der Waals surface area contributed by atoms with Crippen molar-refractivity contribution in [3.63, 3.8) is 0 Å². The zero-order valence-corrected chi connectivity index (χ0v) is 15.3. The Kier molecular flexibility index (Phi) is 5.15. The molecule has 7 heteroatoms. The van der Waals surface area contributed by atoms with Crippen LogP contribution in [0.3, 0.4) is 0 Å². The predicted octanol–water partition coefficient (Wildman–Crippen LogP) is 1.87. The molecule has 0 aliphatic carbocycles. The third-order valence-corrected chi connectivity index (χ3v) is 4.58. The molecule has 0 radical (unpaired) electrons. The van der Waals surface area contributed by atoms with E-state index in [9.17, 15) is 0 Å². The normalized spacial score (nSPS) is 24.2. The molecular weight excluding hydrogens is 316 g/mol. The van der Waals surface area contributed by atoms with Gasteiger partial charge in [-0.05, 0) is 19.4 Å². The summed E-state index contributed by atoms with van der Waals surface area (Å²) in [4.78, 5) is 17.2. The summed E-state index contributed by atoms with van der Waals surface area (Å²) in [6, 6.07) is 10.8. The van der Waals surface area contributed by atoms with Crippen LogP contribution in [0.15, 0.2) is 30.3 Å². The van der Waals surface area contributed by atoms with Crippen LogP contribution in [0.1, 0.15) is 31.3 Å². The van der Waals surface area contributed by atoms with Crippen LogP contribution in [0.25, 0.3) is 0 Å². The number of aromatic nitrogens is 3. The van der Waals surface area contributed by atoms with Crippen LogP contribution in [-0.4, -0.2) is 52.6 Å². The van der Waals surface area contributed by atoms with E-state index in [-0.39, 0.29) is 24.1 Å². The quantitative estimate of drug-likeness (QED) is 0.908. The van der Waals surface area contributed by atoms with Crippen molar-refractivity contribution in [1.82, 2.24) is 19.9 Å². The molecule has 1 aliphatic heterocycles. The maximum atomic E-state index is 6.11. The van der Waals surface area contributed by atoms with Crippen molar-refractivity contribution in [2.24, 2.45) is 0 Å². The van der Waals surface area contributed by atoms with Crippen LogP contribution < -0.4 is 10.6 Å². The molecule has 2 heterocycles. The number of benzene rings is 1. The van der Waals surface area contributed by atoms with Gasteiger partial charge in [-0.2, -0.15) is 15.0 Å². The van der Waals surface area contributed by atoms with Crippen molar-refractivity contribution >= 4 is 11.9 Å². The van der Waals surface area contributed by atoms with E-state index in [4.69, 9.17) is 10.5 Å². The lowest BCUT2D eigenvalue weighted by molar-refractivity contribution is -0.100. The first kappa shape index (κ1) is 17.6. The van der Waals surface area contributed by atoms with E-state index >= 15 is 0 Å². The first-order valence-electron chi connectivity index (χ1n) is 8.55. The Balaban J connectivity index is 1.83. The number of hydrogen-bond donors (Lipinski definition) is 1. The summed E-state index contributed by atoms with van der Waals surface area (Å²) in [5.74, 6) is 1.51. The Labute approximate surface area is 148 Å². The topological polar surface area (TPSA) is 80.4 Å². The molecule has 0 amide bonds. The predicted molar refractivity (Wildman–Crippen MR) is 98.2 cm³/mol. The van der Waals surface area contributed by atoms with Crippen molar-refractivity contribution in [1.29, 1.82) is 0 Å². The highest BCUT2D eigenvalue weighted by atomic mass is 16.5. The second kappa shape index (κ2) is 7.33. The minimum Gasteiger partial charge on any atom is -0.370 e. The van der Waals surface area contributed by atoms with Gasteiger partial charge in [-0.1, -0.05) is 30.3 Å². The summed E-state index contributed by atoms with van der Waals surface area (Å²) in [6.07, 6.45) is 0.0323. The first-order chi connectivity index (χ1) is 12.0. The van der Waals surface area contributed by atoms with E-state index < -0.39 is 0 Å². The molecule has 1 aromatic heterocycles. The van der Waals surface area contributed by atoms with Crippen molar-refractivity contribution < 1.29 is 4.74 Å². The van der Waals surface area contributed by atoms with Crippen molar-refractivity contribution in [2.45, 2.75) is 38.6 Å². The maximum Gasteiger partial charge on any atom is 0.229 e. The molecule has 134 valence electrons. The molecule has 0 spiro atoms. The molecule has 3 rings (SSSR count). The van der Waals surface area contributed by atoms with Crippen LogP contribution in [0.5, 0.6) is 0 Å². The molecule has 0 bridgehead atoms. The number of nitrogens with zero attached hydrogens (tertiary/aromatic N) is 5. The first-order valence-corrected chi connectivity index (χ1v) is 8.55. The van der Waals surface area contributed by atoms with E-state index in [1.165, 1.54) is 5.56 Å². The minimum atomic E-state index is 0.0323. The highest BCUT2D eigenvalue weighted by Crippen LogP contribution is 2.31. The lowest BCUT2D eigenvalue weighted by Crippen LogP contribution is -2.50. The number of rotatable bonds is 4. The summed E-state index contributed by atoms with van der Waals surface area (Å²) in [5.41, 5.74) is 7.05. The summed E-state index contributed by atoms with van der Waals surface area (Å²) in [7, 11) is 3.79. The summed E-state index contributed by atoms with van der Waals surface area (Å²) < 4.78 is 6.11. The Hall–Kier alpha value is -2.25. The summed E-state index contributed by atoms with van der Waals surface area (Å²) >= 11 is 0. The monoisotopic (exact) mass is 342 g/mol. The standard InChI is InChI=1S/C18H26N6O/c1-12-11-25-16(14-8-6-5-7-9-14)13(2)24(12)10-15-20-17(19)22-18(21-15)23(3)4/h5-9,12-13,16H,10-11H2,1-4H3,(H2,19,20,21,22). The molecular formula is C18H26N6O. The molecule has 1 saturated heterocycles. The third-order valence-electron chi connectivity index (χ3n) is 4.58. The van der Waals surface area contributed by atoms with Gasteiger partial charge in [0.15, 0.2) is 0 Å². The highest BCUT2D eigenvalue weighted by molar-refractivity contribution is 5.32. The van der Waals surface area contributed by atoms with E-state index in [1.54, 1.807) is 0 Å². The summed E-state index contributed by atoms with van der Waals surface area (Å²) in [6.45, 7) is 5.63. The van der Waals surface area contributed by atoms with Gasteiger partial charge in [0.2, 0.25) is 11.9 Å². The Morgan fingerprint density at radius 1 is 1.16 bits per heavy atom. The molecule has 25 heavy (non-hydrogen) atoms. The van der Waals surface area contributed by atoms with Crippen LogP contribution in [0.2, 0.25) is 0 Å². The number of ether oxygens (including phenoxy) is 1. The molecule has 1 aliphatic rings. The highest BCUT2D eigenvalue weighted by Gasteiger charge is 2.34. The van der Waals surface area contributed by atoms with E-state index in [0.717, 1.165) is 0 Å². The van der Waals surface area contributed by atoms with Gasteiger partial charge in [0.05, 0.1) is 19.3 Å². The average Bonchev–Trinajstić information content (AvgIpc) is 2.59. The maximum absolute atomic E-state index is 6.11. The second-order valence-electron chi connectivity index (χ2n) is 6.73. The molecule has 2 N–H and O–H groups in total. The fourth-order valence-corrected chi connectivity index (χ4v) is 3.23. The van der Waals surface area contributed by atoms with Gasteiger partial charge in [0, 0.05) is 26.2 Å². The van der Waals surface area contributed by atoms with E-state index in [1.807, 2.05) is 37.2 Å². The SMILES string of the molecule is CC1COC(c2ccccc2)C(C)N1Cc1nc(N)nc(N(C)C)n1. The van der Waals surface area contributed by atoms with Crippen molar-refractivity contribution in [2.75, 3.05) is 31.3 Å². The lowest BCUT2D eigenvalue weighted by atomic mass is 9.98. The molecule has 2 aromatic rings. The largest absolute Gasteiger partial charge is 0.370 e. The average molecular weight is 342 g/mol. The van der Waals surface area contributed by atoms with Crippen LogP contribution in [0.4, 0.5) is 11.9 Å². The van der Waals surface area contributed by atoms with Crippen molar-refractivity contribution in [3.8, 4) is 0 Å². The summed E-state index contributed by atoms with van der Waals surface area (Å²) in [5, 5.41) is 0. The Bertz CT molecular complexity index is 708. The number of anilines is 2. The van der Waals surface area contributed by atoms with E-state index in [2.05, 4.69) is 45.8 Å². The molecule has 3 atom stereocenters. The third kappa shape index (κ3) is 3.88. The van der Waals surface area contributed by atoms with Gasteiger partial charge in [-0.15, -0.1) is 0 Å². The number of nitrogen functional groups attached to an aromatic ring is 1. The minimum absolute atomic E-state index is 0.0323. The van der Waals surface area contributed by atoms with Gasteiger partial charge in [0.25, 0.3) is 0 Å².